The summed E-state index contributed by atoms with van der Waals surface area (Å²) in [5.41, 5.74) is 8.37. The molecule has 1 atom stereocenters. The number of nitrogens with zero attached hydrogens (tertiary/aromatic N) is 2. The number of nitrogens with one attached hydrogen (secondary N) is 1. The van der Waals surface area contributed by atoms with Crippen LogP contribution in [0.2, 0.25) is 0 Å². The maximum Gasteiger partial charge on any atom is 0.189 e. The SMILES string of the molecule is COCC(C)NC(N)=NCc1cccc(CN2CCOCC2)c1. The molecule has 1 heterocycles. The minimum Gasteiger partial charge on any atom is -0.383 e. The molecule has 2 rings (SSSR count). The largest absolute Gasteiger partial charge is 0.383 e. The Kier molecular flexibility index (Phi) is 7.32. The third-order valence-corrected chi connectivity index (χ3v) is 3.74. The van der Waals surface area contributed by atoms with Crippen LogP contribution in [0.15, 0.2) is 29.3 Å². The number of hydrogen-bond donors (Lipinski definition) is 2. The van der Waals surface area contributed by atoms with E-state index in [0.717, 1.165) is 32.8 Å². The molecule has 1 aliphatic rings. The highest BCUT2D eigenvalue weighted by atomic mass is 16.5. The van der Waals surface area contributed by atoms with Gasteiger partial charge < -0.3 is 20.5 Å². The van der Waals surface area contributed by atoms with Gasteiger partial charge in [-0.15, -0.1) is 0 Å². The lowest BCUT2D eigenvalue weighted by Crippen LogP contribution is -2.40. The summed E-state index contributed by atoms with van der Waals surface area (Å²) in [6, 6.07) is 8.67. The fourth-order valence-electron chi connectivity index (χ4n) is 2.61. The Morgan fingerprint density at radius 1 is 1.39 bits per heavy atom. The summed E-state index contributed by atoms with van der Waals surface area (Å²) in [4.78, 5) is 6.81. The summed E-state index contributed by atoms with van der Waals surface area (Å²) in [7, 11) is 1.67. The molecule has 0 saturated carbocycles. The number of methoxy groups -OCH3 is 1. The zero-order chi connectivity index (χ0) is 16.5. The van der Waals surface area contributed by atoms with E-state index in [9.17, 15) is 0 Å². The van der Waals surface area contributed by atoms with E-state index in [1.54, 1.807) is 7.11 Å². The lowest BCUT2D eigenvalue weighted by atomic mass is 10.1. The van der Waals surface area contributed by atoms with Gasteiger partial charge in [-0.3, -0.25) is 4.90 Å². The van der Waals surface area contributed by atoms with Crippen LogP contribution in [-0.2, 0) is 22.6 Å². The summed E-state index contributed by atoms with van der Waals surface area (Å²) < 4.78 is 10.5. The van der Waals surface area contributed by atoms with Gasteiger partial charge in [0.15, 0.2) is 5.96 Å². The van der Waals surface area contributed by atoms with Crippen molar-refractivity contribution < 1.29 is 9.47 Å². The van der Waals surface area contributed by atoms with Gasteiger partial charge in [0.25, 0.3) is 0 Å². The van der Waals surface area contributed by atoms with Crippen molar-refractivity contribution in [1.29, 1.82) is 0 Å². The van der Waals surface area contributed by atoms with Crippen LogP contribution in [0.25, 0.3) is 0 Å². The highest BCUT2D eigenvalue weighted by Crippen LogP contribution is 2.10. The summed E-state index contributed by atoms with van der Waals surface area (Å²) in [6.07, 6.45) is 0. The van der Waals surface area contributed by atoms with Crippen LogP contribution in [0.1, 0.15) is 18.1 Å². The zero-order valence-electron chi connectivity index (χ0n) is 14.1. The van der Waals surface area contributed by atoms with Gasteiger partial charge in [0.05, 0.1) is 26.4 Å². The highest BCUT2D eigenvalue weighted by molar-refractivity contribution is 5.78. The second-order valence-corrected chi connectivity index (χ2v) is 5.91. The number of morpholine rings is 1. The molecule has 0 bridgehead atoms. The van der Waals surface area contributed by atoms with Crippen molar-refractivity contribution >= 4 is 5.96 Å². The fraction of sp³-hybridized carbons (Fsp3) is 0.588. The average Bonchev–Trinajstić information content (AvgIpc) is 2.54. The lowest BCUT2D eigenvalue weighted by molar-refractivity contribution is 0.0342. The fourth-order valence-corrected chi connectivity index (χ4v) is 2.61. The monoisotopic (exact) mass is 320 g/mol. The predicted molar refractivity (Wildman–Crippen MR) is 92.3 cm³/mol. The van der Waals surface area contributed by atoms with Crippen LogP contribution < -0.4 is 11.1 Å². The highest BCUT2D eigenvalue weighted by Gasteiger charge is 2.10. The van der Waals surface area contributed by atoms with E-state index in [0.29, 0.717) is 19.1 Å². The third-order valence-electron chi connectivity index (χ3n) is 3.74. The van der Waals surface area contributed by atoms with Crippen LogP contribution in [0.4, 0.5) is 0 Å². The number of aliphatic imine (C=N–C) groups is 1. The van der Waals surface area contributed by atoms with Gasteiger partial charge in [-0.1, -0.05) is 24.3 Å². The van der Waals surface area contributed by atoms with E-state index in [1.165, 1.54) is 11.1 Å². The van der Waals surface area contributed by atoms with Crippen molar-refractivity contribution in [1.82, 2.24) is 10.2 Å². The van der Waals surface area contributed by atoms with Gasteiger partial charge in [0.2, 0.25) is 0 Å². The summed E-state index contributed by atoms with van der Waals surface area (Å²) >= 11 is 0. The molecule has 0 spiro atoms. The van der Waals surface area contributed by atoms with E-state index in [2.05, 4.69) is 39.5 Å². The van der Waals surface area contributed by atoms with Crippen LogP contribution >= 0.6 is 0 Å². The molecule has 3 N–H and O–H groups in total. The van der Waals surface area contributed by atoms with Crippen molar-refractivity contribution in [2.24, 2.45) is 10.7 Å². The molecule has 23 heavy (non-hydrogen) atoms. The van der Waals surface area contributed by atoms with Crippen molar-refractivity contribution in [2.45, 2.75) is 26.1 Å². The van der Waals surface area contributed by atoms with Gasteiger partial charge in [-0.2, -0.15) is 0 Å². The molecule has 1 fully saturated rings. The first-order valence-electron chi connectivity index (χ1n) is 8.10. The van der Waals surface area contributed by atoms with E-state index < -0.39 is 0 Å². The third kappa shape index (κ3) is 6.56. The Morgan fingerprint density at radius 3 is 2.87 bits per heavy atom. The normalized spacial score (nSPS) is 17.9. The quantitative estimate of drug-likeness (QED) is 0.578. The number of hydrogen-bond acceptors (Lipinski definition) is 4. The Bertz CT molecular complexity index is 501. The van der Waals surface area contributed by atoms with E-state index in [4.69, 9.17) is 15.2 Å². The van der Waals surface area contributed by atoms with Gasteiger partial charge in [-0.05, 0) is 18.1 Å². The maximum atomic E-state index is 5.90. The number of guanidine groups is 1. The molecule has 1 saturated heterocycles. The lowest BCUT2D eigenvalue weighted by Gasteiger charge is -2.26. The van der Waals surface area contributed by atoms with Gasteiger partial charge in [0, 0.05) is 32.8 Å². The molecule has 128 valence electrons. The smallest absolute Gasteiger partial charge is 0.189 e. The van der Waals surface area contributed by atoms with Gasteiger partial charge in [0.1, 0.15) is 0 Å². The average molecular weight is 320 g/mol. The molecule has 6 nitrogen and oxygen atoms in total. The van der Waals surface area contributed by atoms with E-state index >= 15 is 0 Å². The molecule has 0 aromatic heterocycles. The van der Waals surface area contributed by atoms with Crippen LogP contribution in [0, 0.1) is 0 Å². The zero-order valence-corrected chi connectivity index (χ0v) is 14.1. The molecule has 0 radical (unpaired) electrons. The maximum absolute atomic E-state index is 5.90. The van der Waals surface area contributed by atoms with E-state index in [1.807, 2.05) is 6.92 Å². The molecule has 1 unspecified atom stereocenters. The first-order valence-corrected chi connectivity index (χ1v) is 8.10. The van der Waals surface area contributed by atoms with E-state index in [-0.39, 0.29) is 6.04 Å². The topological polar surface area (TPSA) is 72.1 Å². The van der Waals surface area contributed by atoms with Crippen molar-refractivity contribution in [2.75, 3.05) is 40.0 Å². The summed E-state index contributed by atoms with van der Waals surface area (Å²) in [5, 5.41) is 3.11. The number of benzene rings is 1. The van der Waals surface area contributed by atoms with Crippen LogP contribution in [0.5, 0.6) is 0 Å². The van der Waals surface area contributed by atoms with Gasteiger partial charge in [-0.25, -0.2) is 4.99 Å². The molecule has 1 aromatic rings. The summed E-state index contributed by atoms with van der Waals surface area (Å²) in [6.45, 7) is 7.79. The minimum absolute atomic E-state index is 0.149. The van der Waals surface area contributed by atoms with Crippen LogP contribution in [0.3, 0.4) is 0 Å². The Hall–Kier alpha value is -1.63. The number of rotatable bonds is 7. The first kappa shape index (κ1) is 17.7. The Morgan fingerprint density at radius 2 is 2.13 bits per heavy atom. The van der Waals surface area contributed by atoms with Crippen molar-refractivity contribution in [3.8, 4) is 0 Å². The van der Waals surface area contributed by atoms with Gasteiger partial charge >= 0.3 is 0 Å². The molecule has 6 heteroatoms. The number of ether oxygens (including phenoxy) is 2. The molecule has 0 amide bonds. The first-order chi connectivity index (χ1) is 11.2. The predicted octanol–water partition coefficient (Wildman–Crippen LogP) is 0.958. The Balaban J connectivity index is 1.86. The molecule has 1 aliphatic heterocycles. The van der Waals surface area contributed by atoms with Crippen molar-refractivity contribution in [3.63, 3.8) is 0 Å². The van der Waals surface area contributed by atoms with Crippen LogP contribution in [-0.4, -0.2) is 56.9 Å². The molecule has 0 aliphatic carbocycles. The molecule has 1 aromatic carbocycles. The van der Waals surface area contributed by atoms with Crippen molar-refractivity contribution in [3.05, 3.63) is 35.4 Å². The summed E-state index contributed by atoms with van der Waals surface area (Å²) in [5.74, 6) is 0.452. The number of nitrogens with two attached hydrogens (primary N) is 1. The minimum atomic E-state index is 0.149. The second-order valence-electron chi connectivity index (χ2n) is 5.91. The molecular weight excluding hydrogens is 292 g/mol. The Labute approximate surface area is 138 Å². The second kappa shape index (κ2) is 9.50. The standard InChI is InChI=1S/C17H28N4O2/c1-14(13-22-2)20-17(18)19-11-15-4-3-5-16(10-15)12-21-6-8-23-9-7-21/h3-5,10,14H,6-9,11-13H2,1-2H3,(H3,18,19,20). The molecular formula is C17H28N4O2.